The zero-order valence-electron chi connectivity index (χ0n) is 14.2. The summed E-state index contributed by atoms with van der Waals surface area (Å²) in [7, 11) is -2.25. The SMILES string of the molecule is COc1ccc2cc(/C=N\NS(=O)(=O)c3ccc(C)cc3)c(=O)[nH]c2c1. The number of aromatic nitrogens is 1. The van der Waals surface area contributed by atoms with Gasteiger partial charge in [0.1, 0.15) is 5.75 Å². The van der Waals surface area contributed by atoms with Crippen molar-refractivity contribution in [2.45, 2.75) is 11.8 Å². The van der Waals surface area contributed by atoms with Crippen LogP contribution in [-0.2, 0) is 10.0 Å². The van der Waals surface area contributed by atoms with E-state index in [2.05, 4.69) is 14.9 Å². The lowest BCUT2D eigenvalue weighted by atomic mass is 10.1. The minimum atomic E-state index is -3.79. The number of hydrogen-bond acceptors (Lipinski definition) is 5. The summed E-state index contributed by atoms with van der Waals surface area (Å²) >= 11 is 0. The number of benzene rings is 2. The Morgan fingerprint density at radius 2 is 1.85 bits per heavy atom. The quantitative estimate of drug-likeness (QED) is 0.530. The van der Waals surface area contributed by atoms with Gasteiger partial charge in [-0.25, -0.2) is 4.83 Å². The van der Waals surface area contributed by atoms with Gasteiger partial charge >= 0.3 is 0 Å². The molecule has 0 atom stereocenters. The Hall–Kier alpha value is -3.13. The van der Waals surface area contributed by atoms with Gasteiger partial charge in [0.05, 0.1) is 29.3 Å². The Morgan fingerprint density at radius 3 is 2.54 bits per heavy atom. The number of aryl methyl sites for hydroxylation is 1. The Balaban J connectivity index is 1.85. The van der Waals surface area contributed by atoms with Crippen molar-refractivity contribution in [1.82, 2.24) is 9.82 Å². The molecule has 0 aliphatic heterocycles. The molecule has 1 aromatic heterocycles. The maximum atomic E-state index is 12.2. The minimum absolute atomic E-state index is 0.0970. The number of nitrogens with zero attached hydrogens (tertiary/aromatic N) is 1. The van der Waals surface area contributed by atoms with E-state index in [4.69, 9.17) is 4.74 Å². The van der Waals surface area contributed by atoms with Gasteiger partial charge in [-0.2, -0.15) is 13.5 Å². The van der Waals surface area contributed by atoms with Gasteiger partial charge in [0.2, 0.25) is 0 Å². The van der Waals surface area contributed by atoms with Crippen LogP contribution in [0.2, 0.25) is 0 Å². The molecule has 0 bridgehead atoms. The van der Waals surface area contributed by atoms with Crippen LogP contribution in [0.4, 0.5) is 0 Å². The first-order valence-corrected chi connectivity index (χ1v) is 9.20. The first-order valence-electron chi connectivity index (χ1n) is 7.72. The summed E-state index contributed by atoms with van der Waals surface area (Å²) in [5.74, 6) is 0.625. The molecule has 0 aliphatic rings. The average Bonchev–Trinajstić information content (AvgIpc) is 2.62. The van der Waals surface area contributed by atoms with E-state index in [1.54, 1.807) is 43.5 Å². The summed E-state index contributed by atoms with van der Waals surface area (Å²) in [5.41, 5.74) is 1.41. The number of nitrogens with one attached hydrogen (secondary N) is 2. The predicted molar refractivity (Wildman–Crippen MR) is 100 cm³/mol. The van der Waals surface area contributed by atoms with Crippen molar-refractivity contribution in [3.63, 3.8) is 0 Å². The minimum Gasteiger partial charge on any atom is -0.497 e. The van der Waals surface area contributed by atoms with E-state index in [0.29, 0.717) is 11.3 Å². The number of hydrogen-bond donors (Lipinski definition) is 2. The van der Waals surface area contributed by atoms with E-state index in [1.165, 1.54) is 18.3 Å². The highest BCUT2D eigenvalue weighted by Crippen LogP contribution is 2.18. The summed E-state index contributed by atoms with van der Waals surface area (Å²) in [6.07, 6.45) is 1.17. The summed E-state index contributed by atoms with van der Waals surface area (Å²) in [6, 6.07) is 13.3. The summed E-state index contributed by atoms with van der Waals surface area (Å²) in [5, 5.41) is 4.48. The Bertz CT molecular complexity index is 1130. The molecule has 0 spiro atoms. The fraction of sp³-hybridized carbons (Fsp3) is 0.111. The van der Waals surface area contributed by atoms with Crippen molar-refractivity contribution < 1.29 is 13.2 Å². The smallest absolute Gasteiger partial charge is 0.276 e. The zero-order valence-corrected chi connectivity index (χ0v) is 15.0. The molecule has 1 heterocycles. The molecule has 2 aromatic carbocycles. The standard InChI is InChI=1S/C18H17N3O4S/c1-12-3-7-16(8-4-12)26(23,24)21-19-11-14-9-13-5-6-15(25-2)10-17(13)20-18(14)22/h3-11,21H,1-2H3,(H,20,22)/b19-11-. The molecule has 0 saturated carbocycles. The monoisotopic (exact) mass is 371 g/mol. The van der Waals surface area contributed by atoms with Gasteiger partial charge in [0.15, 0.2) is 0 Å². The van der Waals surface area contributed by atoms with Crippen molar-refractivity contribution in [2.75, 3.05) is 7.11 Å². The second-order valence-electron chi connectivity index (χ2n) is 5.67. The molecule has 134 valence electrons. The number of rotatable bonds is 5. The molecule has 26 heavy (non-hydrogen) atoms. The van der Waals surface area contributed by atoms with E-state index >= 15 is 0 Å². The third-order valence-electron chi connectivity index (χ3n) is 3.79. The Labute approximate surface area is 150 Å². The number of hydrazone groups is 1. The second kappa shape index (κ2) is 7.01. The van der Waals surface area contributed by atoms with Gasteiger partial charge in [-0.1, -0.05) is 17.7 Å². The van der Waals surface area contributed by atoms with E-state index in [0.717, 1.165) is 10.9 Å². The molecule has 0 aliphatic carbocycles. The largest absolute Gasteiger partial charge is 0.497 e. The third-order valence-corrected chi connectivity index (χ3v) is 5.03. The molecule has 0 saturated heterocycles. The normalized spacial score (nSPS) is 11.8. The average molecular weight is 371 g/mol. The van der Waals surface area contributed by atoms with Crippen molar-refractivity contribution in [1.29, 1.82) is 0 Å². The van der Waals surface area contributed by atoms with Gasteiger partial charge in [-0.3, -0.25) is 4.79 Å². The fourth-order valence-electron chi connectivity index (χ4n) is 2.36. The Morgan fingerprint density at radius 1 is 1.12 bits per heavy atom. The molecule has 3 aromatic rings. The molecular weight excluding hydrogens is 354 g/mol. The van der Waals surface area contributed by atoms with Gasteiger partial charge in [0.25, 0.3) is 15.6 Å². The lowest BCUT2D eigenvalue weighted by Crippen LogP contribution is -2.19. The lowest BCUT2D eigenvalue weighted by molar-refractivity contribution is 0.415. The molecule has 0 amide bonds. The van der Waals surface area contributed by atoms with Crippen LogP contribution >= 0.6 is 0 Å². The van der Waals surface area contributed by atoms with Gasteiger partial charge in [-0.15, -0.1) is 0 Å². The number of methoxy groups -OCH3 is 1. The van der Waals surface area contributed by atoms with Gasteiger partial charge in [-0.05, 0) is 42.6 Å². The first kappa shape index (κ1) is 17.7. The van der Waals surface area contributed by atoms with E-state index < -0.39 is 10.0 Å². The van der Waals surface area contributed by atoms with Crippen LogP contribution in [0.25, 0.3) is 10.9 Å². The van der Waals surface area contributed by atoms with Gasteiger partial charge < -0.3 is 9.72 Å². The molecule has 0 radical (unpaired) electrons. The van der Waals surface area contributed by atoms with Crippen molar-refractivity contribution in [2.24, 2.45) is 5.10 Å². The van der Waals surface area contributed by atoms with Crippen molar-refractivity contribution >= 4 is 27.1 Å². The maximum Gasteiger partial charge on any atom is 0.276 e. The molecular formula is C18H17N3O4S. The maximum absolute atomic E-state index is 12.2. The van der Waals surface area contributed by atoms with Crippen LogP contribution in [-0.4, -0.2) is 26.7 Å². The van der Waals surface area contributed by atoms with Crippen LogP contribution in [0.3, 0.4) is 0 Å². The molecule has 3 rings (SSSR count). The van der Waals surface area contributed by atoms with Crippen LogP contribution in [0.15, 0.2) is 63.3 Å². The third kappa shape index (κ3) is 3.75. The zero-order chi connectivity index (χ0) is 18.7. The fourth-order valence-corrected chi connectivity index (χ4v) is 3.15. The Kier molecular flexibility index (Phi) is 4.77. The summed E-state index contributed by atoms with van der Waals surface area (Å²) < 4.78 is 29.5. The second-order valence-corrected chi connectivity index (χ2v) is 7.33. The van der Waals surface area contributed by atoms with E-state index in [1.807, 2.05) is 6.92 Å². The predicted octanol–water partition coefficient (Wildman–Crippen LogP) is 2.16. The molecule has 8 heteroatoms. The number of sulfonamides is 1. The molecule has 7 nitrogen and oxygen atoms in total. The lowest BCUT2D eigenvalue weighted by Gasteiger charge is -2.04. The number of H-pyrrole nitrogens is 1. The number of aromatic amines is 1. The first-order chi connectivity index (χ1) is 12.4. The van der Waals surface area contributed by atoms with Crippen LogP contribution in [0.1, 0.15) is 11.1 Å². The van der Waals surface area contributed by atoms with E-state index in [9.17, 15) is 13.2 Å². The topological polar surface area (TPSA) is 101 Å². The van der Waals surface area contributed by atoms with Crippen molar-refractivity contribution in [3.8, 4) is 5.75 Å². The van der Waals surface area contributed by atoms with Crippen LogP contribution < -0.4 is 15.1 Å². The van der Waals surface area contributed by atoms with Crippen LogP contribution in [0, 0.1) is 6.92 Å². The molecule has 0 fully saturated rings. The number of fused-ring (bicyclic) bond motifs is 1. The molecule has 0 unspecified atom stereocenters. The van der Waals surface area contributed by atoms with Gasteiger partial charge in [0, 0.05) is 6.07 Å². The number of pyridine rings is 1. The highest BCUT2D eigenvalue weighted by atomic mass is 32.2. The summed E-state index contributed by atoms with van der Waals surface area (Å²) in [4.78, 5) is 17.0. The van der Waals surface area contributed by atoms with Crippen molar-refractivity contribution in [3.05, 3.63) is 70.0 Å². The highest BCUT2D eigenvalue weighted by Gasteiger charge is 2.12. The van der Waals surface area contributed by atoms with E-state index in [-0.39, 0.29) is 16.0 Å². The van der Waals surface area contributed by atoms with Crippen LogP contribution in [0.5, 0.6) is 5.75 Å². The highest BCUT2D eigenvalue weighted by molar-refractivity contribution is 7.89. The number of ether oxygens (including phenoxy) is 1. The molecule has 2 N–H and O–H groups in total. The summed E-state index contributed by atoms with van der Waals surface area (Å²) in [6.45, 7) is 1.86.